The molecule has 0 aliphatic carbocycles. The Balaban J connectivity index is 4.87. The second kappa shape index (κ2) is 5.17. The van der Waals surface area contributed by atoms with Crippen molar-refractivity contribution < 1.29 is 15.0 Å². The zero-order chi connectivity index (χ0) is 11.4. The number of aliphatic carboxylic acids is 1. The summed E-state index contributed by atoms with van der Waals surface area (Å²) in [5.74, 6) is -0.889. The standard InChI is InChI=1S/C10H22GeO3/c1-5-11(6-2,7-3)10(4,14)8-9(12)13/h14H,5-8H2,1-4H3,(H,12,13). The van der Waals surface area contributed by atoms with E-state index in [0.717, 1.165) is 15.8 Å². The van der Waals surface area contributed by atoms with Crippen LogP contribution in [0.4, 0.5) is 0 Å². The molecule has 0 rings (SSSR count). The molecule has 0 spiro atoms. The molecule has 1 unspecified atom stereocenters. The van der Waals surface area contributed by atoms with Crippen LogP contribution in [0.25, 0.3) is 0 Å². The van der Waals surface area contributed by atoms with Crippen LogP contribution >= 0.6 is 0 Å². The Morgan fingerprint density at radius 1 is 1.21 bits per heavy atom. The first-order chi connectivity index (χ1) is 6.35. The first kappa shape index (κ1) is 14.0. The maximum atomic E-state index is 10.7. The quantitative estimate of drug-likeness (QED) is 0.722. The molecular weight excluding hydrogens is 241 g/mol. The van der Waals surface area contributed by atoms with E-state index < -0.39 is 23.7 Å². The van der Waals surface area contributed by atoms with Crippen LogP contribution < -0.4 is 0 Å². The van der Waals surface area contributed by atoms with Gasteiger partial charge >= 0.3 is 88.6 Å². The topological polar surface area (TPSA) is 57.5 Å². The van der Waals surface area contributed by atoms with Gasteiger partial charge in [0.05, 0.1) is 0 Å². The Bertz CT molecular complexity index is 189. The molecule has 0 saturated carbocycles. The van der Waals surface area contributed by atoms with Crippen LogP contribution in [0.5, 0.6) is 0 Å². The van der Waals surface area contributed by atoms with Crippen molar-refractivity contribution in [3.05, 3.63) is 0 Å². The van der Waals surface area contributed by atoms with E-state index in [-0.39, 0.29) is 6.42 Å². The Hall–Kier alpha value is -0.0271. The van der Waals surface area contributed by atoms with Crippen molar-refractivity contribution in [3.63, 3.8) is 0 Å². The average molecular weight is 263 g/mol. The summed E-state index contributed by atoms with van der Waals surface area (Å²) < 4.78 is -0.927. The van der Waals surface area contributed by atoms with Crippen LogP contribution in [0.3, 0.4) is 0 Å². The molecule has 0 aromatic carbocycles. The fourth-order valence-electron chi connectivity index (χ4n) is 2.37. The summed E-state index contributed by atoms with van der Waals surface area (Å²) in [4.78, 5) is 10.7. The third-order valence-corrected chi connectivity index (χ3v) is 17.4. The third-order valence-electron chi connectivity index (χ3n) is 3.67. The molecule has 0 amide bonds. The Kier molecular flexibility index (Phi) is 5.16. The van der Waals surface area contributed by atoms with Crippen molar-refractivity contribution in [3.8, 4) is 0 Å². The van der Waals surface area contributed by atoms with Gasteiger partial charge in [0.15, 0.2) is 0 Å². The van der Waals surface area contributed by atoms with Gasteiger partial charge in [-0.2, -0.15) is 0 Å². The van der Waals surface area contributed by atoms with Crippen molar-refractivity contribution >= 4 is 19.2 Å². The number of aliphatic hydroxyl groups is 1. The van der Waals surface area contributed by atoms with Gasteiger partial charge in [0, 0.05) is 0 Å². The molecule has 0 fully saturated rings. The fraction of sp³-hybridized carbons (Fsp3) is 0.900. The van der Waals surface area contributed by atoms with E-state index in [0.29, 0.717) is 0 Å². The van der Waals surface area contributed by atoms with Crippen molar-refractivity contribution in [1.29, 1.82) is 0 Å². The van der Waals surface area contributed by atoms with E-state index in [4.69, 9.17) is 5.11 Å². The van der Waals surface area contributed by atoms with Crippen LogP contribution in [-0.2, 0) is 4.79 Å². The van der Waals surface area contributed by atoms with Gasteiger partial charge in [-0.25, -0.2) is 0 Å². The van der Waals surface area contributed by atoms with E-state index in [2.05, 4.69) is 20.8 Å². The van der Waals surface area contributed by atoms with Crippen molar-refractivity contribution in [2.45, 2.75) is 54.3 Å². The number of carboxylic acid groups (broad SMARTS) is 1. The first-order valence-electron chi connectivity index (χ1n) is 5.29. The van der Waals surface area contributed by atoms with Gasteiger partial charge in [-0.15, -0.1) is 0 Å². The molecular formula is C10H22GeO3. The van der Waals surface area contributed by atoms with Gasteiger partial charge in [0.25, 0.3) is 0 Å². The number of hydrogen-bond acceptors (Lipinski definition) is 2. The number of hydrogen-bond donors (Lipinski definition) is 2. The molecule has 0 bridgehead atoms. The second-order valence-corrected chi connectivity index (χ2v) is 16.3. The SMILES string of the molecule is C[CH2][Ge]([CH2]C)([CH2]C)[C](C)(O)CC(=O)O. The fourth-order valence-corrected chi connectivity index (χ4v) is 11.4. The molecule has 84 valence electrons. The first-order valence-corrected chi connectivity index (χ1v) is 10.8. The summed E-state index contributed by atoms with van der Waals surface area (Å²) >= 11 is -2.38. The van der Waals surface area contributed by atoms with E-state index in [9.17, 15) is 9.90 Å². The Morgan fingerprint density at radius 3 is 1.79 bits per heavy atom. The number of carboxylic acids is 1. The molecule has 0 aromatic heterocycles. The second-order valence-electron chi connectivity index (χ2n) is 4.19. The van der Waals surface area contributed by atoms with Gasteiger partial charge < -0.3 is 0 Å². The van der Waals surface area contributed by atoms with Gasteiger partial charge in [-0.3, -0.25) is 0 Å². The monoisotopic (exact) mass is 264 g/mol. The summed E-state index contributed by atoms with van der Waals surface area (Å²) in [6, 6.07) is 0. The molecule has 0 aromatic rings. The predicted molar refractivity (Wildman–Crippen MR) is 60.1 cm³/mol. The zero-order valence-electron chi connectivity index (χ0n) is 9.63. The molecule has 0 aliphatic heterocycles. The molecule has 14 heavy (non-hydrogen) atoms. The third kappa shape index (κ3) is 2.73. The molecule has 4 heteroatoms. The summed E-state index contributed by atoms with van der Waals surface area (Å²) in [6.45, 7) is 7.98. The molecule has 1 atom stereocenters. The zero-order valence-corrected chi connectivity index (χ0v) is 11.7. The summed E-state index contributed by atoms with van der Waals surface area (Å²) in [7, 11) is 0. The molecule has 3 nitrogen and oxygen atoms in total. The van der Waals surface area contributed by atoms with Crippen LogP contribution in [0.2, 0.25) is 15.8 Å². The van der Waals surface area contributed by atoms with E-state index in [1.54, 1.807) is 6.92 Å². The van der Waals surface area contributed by atoms with Gasteiger partial charge in [-0.05, 0) is 0 Å². The normalized spacial score (nSPS) is 16.4. The van der Waals surface area contributed by atoms with Crippen LogP contribution in [0, 0.1) is 0 Å². The van der Waals surface area contributed by atoms with Crippen molar-refractivity contribution in [1.82, 2.24) is 0 Å². The van der Waals surface area contributed by atoms with E-state index in [1.807, 2.05) is 0 Å². The summed E-state index contributed by atoms with van der Waals surface area (Å²) in [5, 5.41) is 22.0. The van der Waals surface area contributed by atoms with Crippen molar-refractivity contribution in [2.75, 3.05) is 0 Å². The summed E-state index contributed by atoms with van der Waals surface area (Å²) in [5.41, 5.74) is 0. The van der Waals surface area contributed by atoms with Crippen LogP contribution in [0.1, 0.15) is 34.1 Å². The van der Waals surface area contributed by atoms with Gasteiger partial charge in [0.2, 0.25) is 0 Å². The van der Waals surface area contributed by atoms with Crippen molar-refractivity contribution in [2.24, 2.45) is 0 Å². The van der Waals surface area contributed by atoms with Crippen LogP contribution in [-0.4, -0.2) is 33.9 Å². The van der Waals surface area contributed by atoms with Crippen LogP contribution in [0.15, 0.2) is 0 Å². The average Bonchev–Trinajstić information content (AvgIpc) is 2.05. The van der Waals surface area contributed by atoms with Gasteiger partial charge in [-0.1, -0.05) is 0 Å². The molecule has 0 aliphatic rings. The van der Waals surface area contributed by atoms with Gasteiger partial charge in [0.1, 0.15) is 0 Å². The van der Waals surface area contributed by atoms with E-state index in [1.165, 1.54) is 0 Å². The molecule has 2 N–H and O–H groups in total. The Morgan fingerprint density at radius 2 is 1.57 bits per heavy atom. The minimum absolute atomic E-state index is 0.0947. The Labute approximate surface area is 88.9 Å². The molecule has 0 heterocycles. The van der Waals surface area contributed by atoms with E-state index >= 15 is 0 Å². The number of rotatable bonds is 6. The maximum absolute atomic E-state index is 10.7. The summed E-state index contributed by atoms with van der Waals surface area (Å²) in [6.07, 6.45) is -0.0947. The molecule has 0 radical (unpaired) electrons. The molecule has 0 saturated heterocycles. The number of carbonyl (C=O) groups is 1. The minimum atomic E-state index is -2.38. The predicted octanol–water partition coefficient (Wildman–Crippen LogP) is 2.26.